The monoisotopic (exact) mass is 350 g/mol. The van der Waals surface area contributed by atoms with E-state index in [1.807, 2.05) is 26.0 Å². The summed E-state index contributed by atoms with van der Waals surface area (Å²) in [6, 6.07) is 5.99. The molecule has 0 bridgehead atoms. The zero-order valence-electron chi connectivity index (χ0n) is 13.8. The number of benzene rings is 1. The Bertz CT molecular complexity index is 670. The Morgan fingerprint density at radius 1 is 1.30 bits per heavy atom. The number of anilines is 2. The van der Waals surface area contributed by atoms with E-state index in [1.54, 1.807) is 0 Å². The Balaban J connectivity index is 1.82. The van der Waals surface area contributed by atoms with E-state index in [1.165, 1.54) is 28.7 Å². The van der Waals surface area contributed by atoms with E-state index in [0.717, 1.165) is 27.3 Å². The molecule has 2 rings (SSSR count). The molecule has 2 aromatic rings. The van der Waals surface area contributed by atoms with Crippen LogP contribution in [-0.2, 0) is 4.79 Å². The second-order valence-electron chi connectivity index (χ2n) is 5.80. The summed E-state index contributed by atoms with van der Waals surface area (Å²) in [7, 11) is 0. The Hall–Kier alpha value is -1.60. The molecular formula is C16H22N4OS2. The zero-order valence-corrected chi connectivity index (χ0v) is 15.5. The first-order chi connectivity index (χ1) is 10.9. The largest absolute Gasteiger partial charge is 0.360 e. The topological polar surface area (TPSA) is 66.9 Å². The summed E-state index contributed by atoms with van der Waals surface area (Å²) in [4.78, 5) is 12.1. The number of hydrogen-bond acceptors (Lipinski definition) is 6. The summed E-state index contributed by atoms with van der Waals surface area (Å²) in [6.45, 7) is 9.18. The average Bonchev–Trinajstić information content (AvgIpc) is 2.94. The van der Waals surface area contributed by atoms with Crippen molar-refractivity contribution >= 4 is 39.8 Å². The highest BCUT2D eigenvalue weighted by molar-refractivity contribution is 8.01. The summed E-state index contributed by atoms with van der Waals surface area (Å²) < 4.78 is 0.798. The van der Waals surface area contributed by atoms with Gasteiger partial charge in [-0.05, 0) is 31.4 Å². The first kappa shape index (κ1) is 17.7. The fourth-order valence-electron chi connectivity index (χ4n) is 1.90. The van der Waals surface area contributed by atoms with E-state index >= 15 is 0 Å². The number of nitrogens with one attached hydrogen (secondary N) is 2. The molecule has 23 heavy (non-hydrogen) atoms. The van der Waals surface area contributed by atoms with E-state index in [4.69, 9.17) is 0 Å². The molecule has 1 heterocycles. The maximum Gasteiger partial charge on any atom is 0.234 e. The molecule has 0 unspecified atom stereocenters. The number of nitrogens with zero attached hydrogens (tertiary/aromatic N) is 2. The van der Waals surface area contributed by atoms with Crippen molar-refractivity contribution in [2.24, 2.45) is 5.92 Å². The second-order valence-corrected chi connectivity index (χ2v) is 8.00. The number of carbonyl (C=O) groups is 1. The van der Waals surface area contributed by atoms with Crippen LogP contribution < -0.4 is 10.6 Å². The van der Waals surface area contributed by atoms with Gasteiger partial charge in [-0.15, -0.1) is 10.2 Å². The molecule has 124 valence electrons. The zero-order chi connectivity index (χ0) is 16.8. The van der Waals surface area contributed by atoms with Crippen LogP contribution in [0.4, 0.5) is 10.8 Å². The van der Waals surface area contributed by atoms with E-state index in [0.29, 0.717) is 11.7 Å². The van der Waals surface area contributed by atoms with Crippen LogP contribution in [0.3, 0.4) is 0 Å². The molecular weight excluding hydrogens is 328 g/mol. The SMILES string of the molecule is Cc1ccc(NC(=O)CSc2nnc(NCC(C)C)s2)c(C)c1. The fourth-order valence-corrected chi connectivity index (χ4v) is 3.46. The molecule has 0 atom stereocenters. The molecule has 2 N–H and O–H groups in total. The van der Waals surface area contributed by atoms with E-state index in [2.05, 4.69) is 40.7 Å². The molecule has 0 spiro atoms. The van der Waals surface area contributed by atoms with Crippen molar-refractivity contribution < 1.29 is 4.79 Å². The van der Waals surface area contributed by atoms with Gasteiger partial charge in [-0.25, -0.2) is 0 Å². The fraction of sp³-hybridized carbons (Fsp3) is 0.438. The molecule has 0 aliphatic rings. The van der Waals surface area contributed by atoms with Crippen LogP contribution in [0.2, 0.25) is 0 Å². The van der Waals surface area contributed by atoms with Crippen LogP contribution in [0.15, 0.2) is 22.5 Å². The highest BCUT2D eigenvalue weighted by Gasteiger charge is 2.09. The normalized spacial score (nSPS) is 10.8. The predicted molar refractivity (Wildman–Crippen MR) is 98.5 cm³/mol. The summed E-state index contributed by atoms with van der Waals surface area (Å²) in [6.07, 6.45) is 0. The number of rotatable bonds is 7. The maximum absolute atomic E-state index is 12.1. The molecule has 0 saturated carbocycles. The first-order valence-electron chi connectivity index (χ1n) is 7.51. The minimum atomic E-state index is -0.0335. The Labute approximate surface area is 145 Å². The summed E-state index contributed by atoms with van der Waals surface area (Å²) in [5.41, 5.74) is 3.11. The summed E-state index contributed by atoms with van der Waals surface area (Å²) in [5.74, 6) is 0.846. The van der Waals surface area contributed by atoms with Gasteiger partial charge in [0.1, 0.15) is 0 Å². The minimum Gasteiger partial charge on any atom is -0.360 e. The van der Waals surface area contributed by atoms with Gasteiger partial charge >= 0.3 is 0 Å². The van der Waals surface area contributed by atoms with Gasteiger partial charge in [0.25, 0.3) is 0 Å². The van der Waals surface area contributed by atoms with E-state index < -0.39 is 0 Å². The van der Waals surface area contributed by atoms with Gasteiger partial charge in [-0.1, -0.05) is 54.6 Å². The lowest BCUT2D eigenvalue weighted by molar-refractivity contribution is -0.113. The number of amides is 1. The number of hydrogen-bond donors (Lipinski definition) is 2. The van der Waals surface area contributed by atoms with Crippen LogP contribution in [-0.4, -0.2) is 28.4 Å². The summed E-state index contributed by atoms with van der Waals surface area (Å²) >= 11 is 2.88. The maximum atomic E-state index is 12.1. The van der Waals surface area contributed by atoms with Crippen LogP contribution in [0.25, 0.3) is 0 Å². The smallest absolute Gasteiger partial charge is 0.234 e. The molecule has 1 amide bonds. The minimum absolute atomic E-state index is 0.0335. The number of aryl methyl sites for hydroxylation is 2. The lowest BCUT2D eigenvalue weighted by Crippen LogP contribution is -2.14. The number of aromatic nitrogens is 2. The van der Waals surface area contributed by atoms with Crippen molar-refractivity contribution in [2.45, 2.75) is 32.0 Å². The standard InChI is InChI=1S/C16H22N4OS2/c1-10(2)8-17-15-19-20-16(23-15)22-9-14(21)18-13-6-5-11(3)7-12(13)4/h5-7,10H,8-9H2,1-4H3,(H,17,19)(H,18,21). The van der Waals surface area contributed by atoms with Crippen molar-refractivity contribution in [3.8, 4) is 0 Å². The summed E-state index contributed by atoms with van der Waals surface area (Å²) in [5, 5.41) is 15.1. The average molecular weight is 351 g/mol. The third-order valence-corrected chi connectivity index (χ3v) is 5.07. The molecule has 0 aliphatic carbocycles. The van der Waals surface area contributed by atoms with Crippen molar-refractivity contribution in [3.05, 3.63) is 29.3 Å². The van der Waals surface area contributed by atoms with E-state index in [-0.39, 0.29) is 5.91 Å². The van der Waals surface area contributed by atoms with Crippen molar-refractivity contribution in [2.75, 3.05) is 22.9 Å². The molecule has 1 aromatic heterocycles. The molecule has 0 aliphatic heterocycles. The Morgan fingerprint density at radius 3 is 2.78 bits per heavy atom. The predicted octanol–water partition coefficient (Wildman–Crippen LogP) is 3.95. The van der Waals surface area contributed by atoms with Crippen molar-refractivity contribution in [3.63, 3.8) is 0 Å². The van der Waals surface area contributed by atoms with Gasteiger partial charge in [0.15, 0.2) is 4.34 Å². The van der Waals surface area contributed by atoms with Gasteiger partial charge in [0.2, 0.25) is 11.0 Å². The second kappa shape index (κ2) is 8.31. The third-order valence-electron chi connectivity index (χ3n) is 3.05. The third kappa shape index (κ3) is 5.84. The molecule has 0 fully saturated rings. The number of carbonyl (C=O) groups excluding carboxylic acids is 1. The van der Waals surface area contributed by atoms with Crippen LogP contribution in [0.5, 0.6) is 0 Å². The highest BCUT2D eigenvalue weighted by Crippen LogP contribution is 2.26. The van der Waals surface area contributed by atoms with Gasteiger partial charge in [0, 0.05) is 12.2 Å². The Kier molecular flexibility index (Phi) is 6.41. The molecule has 0 radical (unpaired) electrons. The van der Waals surface area contributed by atoms with Crippen molar-refractivity contribution in [1.29, 1.82) is 0 Å². The number of thioether (sulfide) groups is 1. The van der Waals surface area contributed by atoms with Gasteiger partial charge < -0.3 is 10.6 Å². The lowest BCUT2D eigenvalue weighted by Gasteiger charge is -2.08. The van der Waals surface area contributed by atoms with Gasteiger partial charge in [0.05, 0.1) is 5.75 Å². The molecule has 1 aromatic carbocycles. The molecule has 5 nitrogen and oxygen atoms in total. The molecule has 0 saturated heterocycles. The van der Waals surface area contributed by atoms with Crippen LogP contribution in [0, 0.1) is 19.8 Å². The Morgan fingerprint density at radius 2 is 2.09 bits per heavy atom. The lowest BCUT2D eigenvalue weighted by atomic mass is 10.1. The first-order valence-corrected chi connectivity index (χ1v) is 9.31. The molecule has 7 heteroatoms. The van der Waals surface area contributed by atoms with Crippen LogP contribution >= 0.6 is 23.1 Å². The van der Waals surface area contributed by atoms with E-state index in [9.17, 15) is 4.79 Å². The van der Waals surface area contributed by atoms with Crippen LogP contribution in [0.1, 0.15) is 25.0 Å². The van der Waals surface area contributed by atoms with Crippen molar-refractivity contribution in [1.82, 2.24) is 10.2 Å². The van der Waals surface area contributed by atoms with Gasteiger partial charge in [-0.2, -0.15) is 0 Å². The van der Waals surface area contributed by atoms with Gasteiger partial charge in [-0.3, -0.25) is 4.79 Å². The highest BCUT2D eigenvalue weighted by atomic mass is 32.2. The quantitative estimate of drug-likeness (QED) is 0.740.